The summed E-state index contributed by atoms with van der Waals surface area (Å²) in [5, 5.41) is 3.80. The van der Waals surface area contributed by atoms with E-state index >= 15 is 0 Å². The molecule has 8 heteroatoms. The van der Waals surface area contributed by atoms with Gasteiger partial charge in [-0.1, -0.05) is 35.2 Å². The molecule has 0 aliphatic carbocycles. The Morgan fingerprint density at radius 3 is 2.91 bits per heavy atom. The third kappa shape index (κ3) is 3.77. The van der Waals surface area contributed by atoms with Crippen molar-refractivity contribution in [1.29, 1.82) is 0 Å². The largest absolute Gasteiger partial charge is 0.301 e. The van der Waals surface area contributed by atoms with Crippen molar-refractivity contribution < 1.29 is 4.79 Å². The molecule has 1 aromatic carbocycles. The van der Waals surface area contributed by atoms with Gasteiger partial charge in [0.1, 0.15) is 0 Å². The molecular formula is C15H14N4O2S2. The number of aromatic nitrogens is 3. The second-order valence-corrected chi connectivity index (χ2v) is 6.96. The Morgan fingerprint density at radius 1 is 1.35 bits per heavy atom. The fraction of sp³-hybridized carbons (Fsp3) is 0.200. The number of amides is 1. The van der Waals surface area contributed by atoms with Gasteiger partial charge >= 0.3 is 0 Å². The minimum Gasteiger partial charge on any atom is -0.301 e. The summed E-state index contributed by atoms with van der Waals surface area (Å²) in [4.78, 5) is 34.6. The molecule has 2 aromatic heterocycles. The number of aryl methyl sites for hydroxylation is 2. The number of carbonyl (C=O) groups excluding carboxylic acids is 1. The third-order valence-electron chi connectivity index (χ3n) is 3.06. The summed E-state index contributed by atoms with van der Waals surface area (Å²) >= 11 is 2.62. The van der Waals surface area contributed by atoms with E-state index in [4.69, 9.17) is 0 Å². The molecule has 3 rings (SSSR count). The van der Waals surface area contributed by atoms with Crippen LogP contribution in [0, 0.1) is 13.8 Å². The van der Waals surface area contributed by atoms with Crippen LogP contribution >= 0.6 is 23.1 Å². The van der Waals surface area contributed by atoms with Crippen LogP contribution in [-0.4, -0.2) is 26.6 Å². The maximum absolute atomic E-state index is 12.0. The number of hydrogen-bond donors (Lipinski definition) is 2. The number of H-pyrrole nitrogens is 1. The van der Waals surface area contributed by atoms with E-state index in [1.54, 1.807) is 6.92 Å². The van der Waals surface area contributed by atoms with E-state index in [-0.39, 0.29) is 17.2 Å². The predicted octanol–water partition coefficient (Wildman–Crippen LogP) is 2.73. The Morgan fingerprint density at radius 2 is 2.17 bits per heavy atom. The molecule has 118 valence electrons. The van der Waals surface area contributed by atoms with Crippen LogP contribution in [0.15, 0.2) is 34.2 Å². The van der Waals surface area contributed by atoms with Gasteiger partial charge in [-0.2, -0.15) is 0 Å². The highest BCUT2D eigenvalue weighted by atomic mass is 32.2. The first-order valence-electron chi connectivity index (χ1n) is 6.88. The number of aromatic amines is 1. The maximum Gasteiger partial charge on any atom is 0.251 e. The lowest BCUT2D eigenvalue weighted by molar-refractivity contribution is -0.113. The minimum absolute atomic E-state index is 0.154. The van der Waals surface area contributed by atoms with Crippen molar-refractivity contribution in [3.8, 4) is 0 Å². The van der Waals surface area contributed by atoms with Gasteiger partial charge in [-0.3, -0.25) is 9.59 Å². The first-order valence-corrected chi connectivity index (χ1v) is 8.68. The average molecular weight is 346 g/mol. The zero-order chi connectivity index (χ0) is 16.4. The smallest absolute Gasteiger partial charge is 0.251 e. The minimum atomic E-state index is -0.220. The molecule has 23 heavy (non-hydrogen) atoms. The van der Waals surface area contributed by atoms with Crippen LogP contribution in [0.3, 0.4) is 0 Å². The molecular weight excluding hydrogens is 332 g/mol. The lowest BCUT2D eigenvalue weighted by Gasteiger charge is -2.02. The van der Waals surface area contributed by atoms with Crippen LogP contribution in [0.5, 0.6) is 0 Å². The predicted molar refractivity (Wildman–Crippen MR) is 93.3 cm³/mol. The van der Waals surface area contributed by atoms with Crippen LogP contribution in [0.2, 0.25) is 0 Å². The Hall–Kier alpha value is -2.19. The van der Waals surface area contributed by atoms with Gasteiger partial charge in [0.2, 0.25) is 5.91 Å². The van der Waals surface area contributed by atoms with Gasteiger partial charge in [-0.05, 0) is 25.5 Å². The lowest BCUT2D eigenvalue weighted by Crippen LogP contribution is -2.15. The number of benzene rings is 1. The van der Waals surface area contributed by atoms with Crippen molar-refractivity contribution in [3.63, 3.8) is 0 Å². The number of fused-ring (bicyclic) bond motifs is 1. The van der Waals surface area contributed by atoms with E-state index in [0.29, 0.717) is 16.0 Å². The fourth-order valence-electron chi connectivity index (χ4n) is 2.05. The number of nitrogens with zero attached hydrogens (tertiary/aromatic N) is 2. The highest BCUT2D eigenvalue weighted by Crippen LogP contribution is 2.28. The normalized spacial score (nSPS) is 10.9. The molecule has 0 saturated heterocycles. The topological polar surface area (TPSA) is 87.7 Å². The molecule has 6 nitrogen and oxygen atoms in total. The van der Waals surface area contributed by atoms with E-state index in [1.165, 1.54) is 29.2 Å². The standard InChI is InChI=1S/C15H14N4O2S2/c1-8-4-3-5-10-13(8)19-15(23-10)18-12(21)7-22-14-16-9(2)6-11(20)17-14/h3-6H,7H2,1-2H3,(H,16,17,20)(H,18,19,21). The van der Waals surface area contributed by atoms with Gasteiger partial charge in [0.15, 0.2) is 10.3 Å². The molecule has 3 aromatic rings. The molecule has 0 atom stereocenters. The first kappa shape index (κ1) is 15.7. The van der Waals surface area contributed by atoms with E-state index < -0.39 is 0 Å². The zero-order valence-electron chi connectivity index (χ0n) is 12.5. The van der Waals surface area contributed by atoms with Gasteiger partial charge in [0.05, 0.1) is 16.0 Å². The molecule has 0 aliphatic rings. The Balaban J connectivity index is 1.66. The molecule has 0 fully saturated rings. The van der Waals surface area contributed by atoms with Crippen LogP contribution in [-0.2, 0) is 4.79 Å². The van der Waals surface area contributed by atoms with Crippen molar-refractivity contribution in [3.05, 3.63) is 45.9 Å². The van der Waals surface area contributed by atoms with E-state index in [1.807, 2.05) is 25.1 Å². The van der Waals surface area contributed by atoms with Gasteiger partial charge in [-0.25, -0.2) is 9.97 Å². The van der Waals surface area contributed by atoms with Crippen molar-refractivity contribution >= 4 is 44.4 Å². The van der Waals surface area contributed by atoms with E-state index in [2.05, 4.69) is 20.3 Å². The molecule has 2 N–H and O–H groups in total. The number of hydrogen-bond acceptors (Lipinski definition) is 6. The molecule has 0 saturated carbocycles. The number of thioether (sulfide) groups is 1. The van der Waals surface area contributed by atoms with Crippen molar-refractivity contribution in [2.45, 2.75) is 19.0 Å². The maximum atomic E-state index is 12.0. The van der Waals surface area contributed by atoms with Gasteiger partial charge in [0, 0.05) is 11.8 Å². The summed E-state index contributed by atoms with van der Waals surface area (Å²) < 4.78 is 1.04. The molecule has 0 radical (unpaired) electrons. The van der Waals surface area contributed by atoms with Crippen molar-refractivity contribution in [2.75, 3.05) is 11.1 Å². The summed E-state index contributed by atoms with van der Waals surface area (Å²) in [5.74, 6) is -0.0303. The fourth-order valence-corrected chi connectivity index (χ4v) is 3.73. The van der Waals surface area contributed by atoms with Crippen molar-refractivity contribution in [2.24, 2.45) is 0 Å². The molecule has 0 spiro atoms. The number of para-hydroxylation sites is 1. The average Bonchev–Trinajstić information content (AvgIpc) is 2.88. The summed E-state index contributed by atoms with van der Waals surface area (Å²) in [7, 11) is 0. The third-order valence-corrected chi connectivity index (χ3v) is 4.86. The summed E-state index contributed by atoms with van der Waals surface area (Å²) in [5.41, 5.74) is 2.39. The molecule has 1 amide bonds. The van der Waals surface area contributed by atoms with Crippen LogP contribution in [0.1, 0.15) is 11.3 Å². The van der Waals surface area contributed by atoms with Gasteiger partial charge in [0.25, 0.3) is 5.56 Å². The van der Waals surface area contributed by atoms with Crippen LogP contribution in [0.4, 0.5) is 5.13 Å². The monoisotopic (exact) mass is 346 g/mol. The summed E-state index contributed by atoms with van der Waals surface area (Å²) in [6.45, 7) is 3.73. The van der Waals surface area contributed by atoms with Gasteiger partial charge in [-0.15, -0.1) is 0 Å². The second-order valence-electron chi connectivity index (χ2n) is 4.97. The van der Waals surface area contributed by atoms with Crippen molar-refractivity contribution in [1.82, 2.24) is 15.0 Å². The van der Waals surface area contributed by atoms with Gasteiger partial charge < -0.3 is 10.3 Å². The zero-order valence-corrected chi connectivity index (χ0v) is 14.2. The Labute approximate surface area is 140 Å². The molecule has 0 unspecified atom stereocenters. The summed E-state index contributed by atoms with van der Waals surface area (Å²) in [6.07, 6.45) is 0. The molecule has 2 heterocycles. The Kier molecular flexibility index (Phi) is 4.44. The number of nitrogens with one attached hydrogen (secondary N) is 2. The number of carbonyl (C=O) groups is 1. The Bertz CT molecular complexity index is 933. The van der Waals surface area contributed by atoms with Crippen LogP contribution < -0.4 is 10.9 Å². The quantitative estimate of drug-likeness (QED) is 0.560. The SMILES string of the molecule is Cc1cc(=O)[nH]c(SCC(=O)Nc2nc3c(C)cccc3s2)n1. The second kappa shape index (κ2) is 6.51. The lowest BCUT2D eigenvalue weighted by atomic mass is 10.2. The highest BCUT2D eigenvalue weighted by Gasteiger charge is 2.10. The van der Waals surface area contributed by atoms with Crippen LogP contribution in [0.25, 0.3) is 10.2 Å². The highest BCUT2D eigenvalue weighted by molar-refractivity contribution is 7.99. The molecule has 0 bridgehead atoms. The number of thiazole rings is 1. The van der Waals surface area contributed by atoms with E-state index in [9.17, 15) is 9.59 Å². The number of rotatable bonds is 4. The van der Waals surface area contributed by atoms with E-state index in [0.717, 1.165) is 15.8 Å². The number of anilines is 1. The summed E-state index contributed by atoms with van der Waals surface area (Å²) in [6, 6.07) is 7.35. The first-order chi connectivity index (χ1) is 11.0. The molecule has 0 aliphatic heterocycles.